The van der Waals surface area contributed by atoms with E-state index in [0.29, 0.717) is 13.1 Å². The third-order valence-electron chi connectivity index (χ3n) is 5.78. The molecular formula is C23H26FN3O2. The Morgan fingerprint density at radius 2 is 1.55 bits per heavy atom. The van der Waals surface area contributed by atoms with Crippen LogP contribution >= 0.6 is 0 Å². The van der Waals surface area contributed by atoms with Gasteiger partial charge in [0.1, 0.15) is 18.4 Å². The average Bonchev–Trinajstić information content (AvgIpc) is 2.76. The standard InChI is InChI=1S/C23H26FN3O2/c24-19-11-9-18(10-12-19)22(25-13-5-2-6-14-25)23(29)26-15-16-27(21(28)17-26)20-7-3-1-4-8-20/h1,3-4,7-12,22H,2,5-6,13-17H2. The van der Waals surface area contributed by atoms with Gasteiger partial charge >= 0.3 is 0 Å². The summed E-state index contributed by atoms with van der Waals surface area (Å²) in [6.45, 7) is 2.71. The molecule has 2 heterocycles. The van der Waals surface area contributed by atoms with E-state index >= 15 is 0 Å². The second-order valence-corrected chi connectivity index (χ2v) is 7.69. The zero-order chi connectivity index (χ0) is 20.2. The number of anilines is 1. The highest BCUT2D eigenvalue weighted by molar-refractivity contribution is 5.98. The van der Waals surface area contributed by atoms with Gasteiger partial charge in [-0.05, 0) is 55.8 Å². The summed E-state index contributed by atoms with van der Waals surface area (Å²) in [4.78, 5) is 31.8. The largest absolute Gasteiger partial charge is 0.330 e. The van der Waals surface area contributed by atoms with Crippen molar-refractivity contribution < 1.29 is 14.0 Å². The molecule has 2 aromatic rings. The number of rotatable bonds is 4. The normalized spacial score (nSPS) is 19.3. The fraction of sp³-hybridized carbons (Fsp3) is 0.391. The zero-order valence-corrected chi connectivity index (χ0v) is 16.5. The van der Waals surface area contributed by atoms with Crippen molar-refractivity contribution in [2.24, 2.45) is 0 Å². The lowest BCUT2D eigenvalue weighted by molar-refractivity contribution is -0.142. The number of piperidine rings is 1. The van der Waals surface area contributed by atoms with Gasteiger partial charge in [-0.2, -0.15) is 0 Å². The molecule has 2 fully saturated rings. The fourth-order valence-corrected chi connectivity index (χ4v) is 4.25. The predicted octanol–water partition coefficient (Wildman–Crippen LogP) is 3.23. The number of amides is 2. The van der Waals surface area contributed by atoms with Crippen LogP contribution in [0.5, 0.6) is 0 Å². The third kappa shape index (κ3) is 4.32. The van der Waals surface area contributed by atoms with E-state index in [2.05, 4.69) is 4.90 Å². The molecule has 2 amide bonds. The number of benzene rings is 2. The van der Waals surface area contributed by atoms with Gasteiger partial charge in [0, 0.05) is 18.8 Å². The van der Waals surface area contributed by atoms with Gasteiger partial charge in [-0.1, -0.05) is 36.8 Å². The fourth-order valence-electron chi connectivity index (χ4n) is 4.25. The van der Waals surface area contributed by atoms with Crippen LogP contribution < -0.4 is 4.90 Å². The van der Waals surface area contributed by atoms with Crippen molar-refractivity contribution in [3.63, 3.8) is 0 Å². The SMILES string of the molecule is O=C(C(c1ccc(F)cc1)N1CCCCC1)N1CCN(c2ccccc2)C(=O)C1. The van der Waals surface area contributed by atoms with E-state index in [4.69, 9.17) is 0 Å². The van der Waals surface area contributed by atoms with E-state index in [1.807, 2.05) is 30.3 Å². The molecule has 0 N–H and O–H groups in total. The maximum absolute atomic E-state index is 13.5. The minimum Gasteiger partial charge on any atom is -0.330 e. The van der Waals surface area contributed by atoms with E-state index in [-0.39, 0.29) is 24.2 Å². The highest BCUT2D eigenvalue weighted by atomic mass is 19.1. The topological polar surface area (TPSA) is 43.9 Å². The Bertz CT molecular complexity index is 850. The van der Waals surface area contributed by atoms with Crippen LogP contribution in [-0.4, -0.2) is 54.3 Å². The van der Waals surface area contributed by atoms with Gasteiger partial charge in [0.25, 0.3) is 0 Å². The first-order valence-electron chi connectivity index (χ1n) is 10.3. The molecule has 152 valence electrons. The highest BCUT2D eigenvalue weighted by Gasteiger charge is 2.35. The number of carbonyl (C=O) groups is 2. The van der Waals surface area contributed by atoms with Gasteiger partial charge in [-0.3, -0.25) is 14.5 Å². The molecule has 1 unspecified atom stereocenters. The molecule has 2 aliphatic heterocycles. The van der Waals surface area contributed by atoms with Gasteiger partial charge in [-0.25, -0.2) is 4.39 Å². The van der Waals surface area contributed by atoms with Gasteiger partial charge in [0.2, 0.25) is 11.8 Å². The van der Waals surface area contributed by atoms with Crippen molar-refractivity contribution in [1.82, 2.24) is 9.80 Å². The van der Waals surface area contributed by atoms with Crippen molar-refractivity contribution in [2.75, 3.05) is 37.6 Å². The molecule has 5 nitrogen and oxygen atoms in total. The molecule has 2 aliphatic rings. The molecule has 0 saturated carbocycles. The summed E-state index contributed by atoms with van der Waals surface area (Å²) in [6, 6.07) is 15.3. The first-order chi connectivity index (χ1) is 14.1. The number of para-hydroxylation sites is 1. The van der Waals surface area contributed by atoms with Crippen LogP contribution in [0.1, 0.15) is 30.9 Å². The number of nitrogens with zero attached hydrogens (tertiary/aromatic N) is 3. The number of likely N-dealkylation sites (tertiary alicyclic amines) is 1. The quantitative estimate of drug-likeness (QED) is 0.798. The number of piperazine rings is 1. The van der Waals surface area contributed by atoms with Gasteiger partial charge in [-0.15, -0.1) is 0 Å². The van der Waals surface area contributed by atoms with E-state index < -0.39 is 6.04 Å². The monoisotopic (exact) mass is 395 g/mol. The molecular weight excluding hydrogens is 369 g/mol. The Hall–Kier alpha value is -2.73. The zero-order valence-electron chi connectivity index (χ0n) is 16.5. The summed E-state index contributed by atoms with van der Waals surface area (Å²) in [5, 5.41) is 0. The first-order valence-corrected chi connectivity index (χ1v) is 10.3. The summed E-state index contributed by atoms with van der Waals surface area (Å²) < 4.78 is 13.4. The summed E-state index contributed by atoms with van der Waals surface area (Å²) in [7, 11) is 0. The van der Waals surface area contributed by atoms with Crippen LogP contribution in [0.25, 0.3) is 0 Å². The summed E-state index contributed by atoms with van der Waals surface area (Å²) in [5.74, 6) is -0.461. The van der Waals surface area contributed by atoms with Gasteiger partial charge < -0.3 is 9.80 Å². The first kappa shape index (κ1) is 19.6. The molecule has 0 aromatic heterocycles. The molecule has 2 saturated heterocycles. The second-order valence-electron chi connectivity index (χ2n) is 7.69. The number of carbonyl (C=O) groups excluding carboxylic acids is 2. The molecule has 1 atom stereocenters. The average molecular weight is 395 g/mol. The van der Waals surface area contributed by atoms with Crippen LogP contribution in [0.15, 0.2) is 54.6 Å². The van der Waals surface area contributed by atoms with E-state index in [9.17, 15) is 14.0 Å². The van der Waals surface area contributed by atoms with Crippen LogP contribution in [-0.2, 0) is 9.59 Å². The van der Waals surface area contributed by atoms with Gasteiger partial charge in [0.15, 0.2) is 0 Å². The molecule has 29 heavy (non-hydrogen) atoms. The summed E-state index contributed by atoms with van der Waals surface area (Å²) >= 11 is 0. The van der Waals surface area contributed by atoms with Crippen molar-refractivity contribution in [2.45, 2.75) is 25.3 Å². The lowest BCUT2D eigenvalue weighted by Crippen LogP contribution is -2.55. The number of hydrogen-bond donors (Lipinski definition) is 0. The lowest BCUT2D eigenvalue weighted by atomic mass is 10.00. The van der Waals surface area contributed by atoms with Crippen molar-refractivity contribution in [3.8, 4) is 0 Å². The van der Waals surface area contributed by atoms with Crippen molar-refractivity contribution >= 4 is 17.5 Å². The van der Waals surface area contributed by atoms with Crippen molar-refractivity contribution in [1.29, 1.82) is 0 Å². The molecule has 0 radical (unpaired) electrons. The smallest absolute Gasteiger partial charge is 0.246 e. The minimum absolute atomic E-state index is 0.0687. The molecule has 0 bridgehead atoms. The maximum Gasteiger partial charge on any atom is 0.246 e. The molecule has 0 aliphatic carbocycles. The summed E-state index contributed by atoms with van der Waals surface area (Å²) in [5.41, 5.74) is 1.65. The van der Waals surface area contributed by atoms with Crippen molar-refractivity contribution in [3.05, 3.63) is 66.0 Å². The molecule has 6 heteroatoms. The van der Waals surface area contributed by atoms with Gasteiger partial charge in [0.05, 0.1) is 0 Å². The Labute approximate surface area is 170 Å². The van der Waals surface area contributed by atoms with E-state index in [1.165, 1.54) is 12.1 Å². The van der Waals surface area contributed by atoms with Crippen LogP contribution in [0.4, 0.5) is 10.1 Å². The molecule has 2 aromatic carbocycles. The minimum atomic E-state index is -0.466. The lowest BCUT2D eigenvalue weighted by Gasteiger charge is -2.40. The molecule has 0 spiro atoms. The Balaban J connectivity index is 1.53. The Kier molecular flexibility index (Phi) is 5.90. The summed E-state index contributed by atoms with van der Waals surface area (Å²) in [6.07, 6.45) is 3.26. The van der Waals surface area contributed by atoms with E-state index in [0.717, 1.165) is 43.6 Å². The number of halogens is 1. The van der Waals surface area contributed by atoms with Crippen LogP contribution in [0, 0.1) is 5.82 Å². The predicted molar refractivity (Wildman–Crippen MR) is 110 cm³/mol. The number of hydrogen-bond acceptors (Lipinski definition) is 3. The second kappa shape index (κ2) is 8.74. The Morgan fingerprint density at radius 3 is 2.21 bits per heavy atom. The molecule has 4 rings (SSSR count). The Morgan fingerprint density at radius 1 is 0.862 bits per heavy atom. The maximum atomic E-state index is 13.5. The highest BCUT2D eigenvalue weighted by Crippen LogP contribution is 2.28. The van der Waals surface area contributed by atoms with E-state index in [1.54, 1.807) is 21.9 Å². The van der Waals surface area contributed by atoms with Crippen LogP contribution in [0.3, 0.4) is 0 Å². The van der Waals surface area contributed by atoms with Crippen LogP contribution in [0.2, 0.25) is 0 Å². The third-order valence-corrected chi connectivity index (χ3v) is 5.78.